The van der Waals surface area contributed by atoms with Crippen LogP contribution in [0.4, 0.5) is 5.69 Å². The van der Waals surface area contributed by atoms with Gasteiger partial charge in [0.1, 0.15) is 16.7 Å². The number of rotatable bonds is 10. The predicted molar refractivity (Wildman–Crippen MR) is 137 cm³/mol. The minimum absolute atomic E-state index is 0.133. The number of sulfonamides is 1. The second kappa shape index (κ2) is 11.7. The lowest BCUT2D eigenvalue weighted by molar-refractivity contribution is 0.0310. The first-order chi connectivity index (χ1) is 16.9. The summed E-state index contributed by atoms with van der Waals surface area (Å²) in [6.07, 6.45) is 3.89. The van der Waals surface area contributed by atoms with Crippen LogP contribution in [0.5, 0.6) is 5.75 Å². The highest BCUT2D eigenvalue weighted by Crippen LogP contribution is 2.36. The number of hydrogen-bond acceptors (Lipinski definition) is 6. The maximum atomic E-state index is 13.8. The molecule has 2 aromatic rings. The van der Waals surface area contributed by atoms with E-state index in [1.54, 1.807) is 16.4 Å². The molecule has 0 saturated carbocycles. The van der Waals surface area contributed by atoms with Gasteiger partial charge >= 0.3 is 0 Å². The summed E-state index contributed by atoms with van der Waals surface area (Å²) in [6, 6.07) is 15.1. The lowest BCUT2D eigenvalue weighted by Gasteiger charge is -2.28. The van der Waals surface area contributed by atoms with Gasteiger partial charge in [0.05, 0.1) is 25.9 Å². The Hall–Kier alpha value is -2.13. The van der Waals surface area contributed by atoms with Crippen molar-refractivity contribution in [2.45, 2.75) is 75.7 Å². The third-order valence-electron chi connectivity index (χ3n) is 6.85. The maximum Gasteiger partial charge on any atom is 0.247 e. The summed E-state index contributed by atoms with van der Waals surface area (Å²) in [6.45, 7) is 6.38. The second-order valence-electron chi connectivity index (χ2n) is 9.68. The molecule has 1 saturated heterocycles. The Balaban J connectivity index is 1.58. The van der Waals surface area contributed by atoms with Crippen molar-refractivity contribution in [2.24, 2.45) is 0 Å². The zero-order valence-corrected chi connectivity index (χ0v) is 21.6. The molecule has 0 radical (unpaired) electrons. The van der Waals surface area contributed by atoms with E-state index >= 15 is 0 Å². The third-order valence-corrected chi connectivity index (χ3v) is 8.87. The fraction of sp³-hybridized carbons (Fsp3) is 0.556. The van der Waals surface area contributed by atoms with Gasteiger partial charge in [-0.3, -0.25) is 0 Å². The van der Waals surface area contributed by atoms with E-state index in [-0.39, 0.29) is 30.2 Å². The van der Waals surface area contributed by atoms with Gasteiger partial charge in [0, 0.05) is 30.9 Å². The van der Waals surface area contributed by atoms with Gasteiger partial charge in [-0.25, -0.2) is 8.42 Å². The Bertz CT molecular complexity index is 1060. The first kappa shape index (κ1) is 25.9. The highest BCUT2D eigenvalue weighted by Gasteiger charge is 2.38. The number of aliphatic hydroxyl groups is 1. The average Bonchev–Trinajstić information content (AvgIpc) is 3.24. The molecule has 192 valence electrons. The van der Waals surface area contributed by atoms with Crippen LogP contribution in [-0.2, 0) is 21.4 Å². The molecular formula is C27H38N2O5S. The SMILES string of the molecule is CCCCC[C@H](C)N1C[C@@H](COCc2ccccc2)Oc2cc(N3CC[C@H](O)C3)ccc2S1(=O)=O. The van der Waals surface area contributed by atoms with Gasteiger partial charge < -0.3 is 19.5 Å². The molecule has 0 amide bonds. The summed E-state index contributed by atoms with van der Waals surface area (Å²) in [5, 5.41) is 9.95. The van der Waals surface area contributed by atoms with Crippen molar-refractivity contribution in [3.05, 3.63) is 54.1 Å². The van der Waals surface area contributed by atoms with Gasteiger partial charge in [-0.2, -0.15) is 4.31 Å². The number of hydrogen-bond donors (Lipinski definition) is 1. The summed E-state index contributed by atoms with van der Waals surface area (Å²) in [5.74, 6) is 0.362. The number of unbranched alkanes of at least 4 members (excludes halogenated alkanes) is 2. The van der Waals surface area contributed by atoms with Crippen LogP contribution < -0.4 is 9.64 Å². The second-order valence-corrected chi connectivity index (χ2v) is 11.5. The van der Waals surface area contributed by atoms with E-state index in [4.69, 9.17) is 9.47 Å². The first-order valence-corrected chi connectivity index (χ1v) is 14.2. The molecule has 1 fully saturated rings. The molecule has 35 heavy (non-hydrogen) atoms. The molecule has 2 aliphatic heterocycles. The number of fused-ring (bicyclic) bond motifs is 1. The Labute approximate surface area is 209 Å². The minimum atomic E-state index is -3.73. The molecule has 3 atom stereocenters. The minimum Gasteiger partial charge on any atom is -0.485 e. The molecule has 0 bridgehead atoms. The van der Waals surface area contributed by atoms with Crippen molar-refractivity contribution in [3.8, 4) is 5.75 Å². The summed E-state index contributed by atoms with van der Waals surface area (Å²) in [7, 11) is -3.73. The molecule has 0 aromatic heterocycles. The quantitative estimate of drug-likeness (QED) is 0.491. The zero-order valence-electron chi connectivity index (χ0n) is 20.8. The standard InChI is InChI=1S/C27H38N2O5S/c1-3-4-6-9-21(2)29-18-25(20-33-19-22-10-7-5-8-11-22)34-26-16-23(28-15-14-24(30)17-28)12-13-27(26)35(29,31)32/h5,7-8,10-13,16,21,24-25,30H,3-4,6,9,14-15,17-20H2,1-2H3/t21-,24-,25-/m0/s1. The summed E-state index contributed by atoms with van der Waals surface area (Å²) < 4.78 is 41.5. The van der Waals surface area contributed by atoms with E-state index in [0.717, 1.165) is 43.5 Å². The van der Waals surface area contributed by atoms with E-state index in [1.807, 2.05) is 43.3 Å². The largest absolute Gasteiger partial charge is 0.485 e. The van der Waals surface area contributed by atoms with Crippen LogP contribution in [0.2, 0.25) is 0 Å². The van der Waals surface area contributed by atoms with Crippen LogP contribution in [0.15, 0.2) is 53.4 Å². The van der Waals surface area contributed by atoms with Crippen LogP contribution in [-0.4, -0.2) is 62.3 Å². The fourth-order valence-electron chi connectivity index (χ4n) is 4.84. The molecule has 2 aliphatic rings. The van der Waals surface area contributed by atoms with E-state index in [9.17, 15) is 13.5 Å². The van der Waals surface area contributed by atoms with Crippen LogP contribution in [0.25, 0.3) is 0 Å². The van der Waals surface area contributed by atoms with Crippen molar-refractivity contribution in [1.82, 2.24) is 4.31 Å². The van der Waals surface area contributed by atoms with Gasteiger partial charge in [-0.1, -0.05) is 56.5 Å². The van der Waals surface area contributed by atoms with Crippen molar-refractivity contribution in [3.63, 3.8) is 0 Å². The molecule has 7 nitrogen and oxygen atoms in total. The molecule has 2 aromatic carbocycles. The monoisotopic (exact) mass is 502 g/mol. The molecule has 0 spiro atoms. The highest BCUT2D eigenvalue weighted by atomic mass is 32.2. The first-order valence-electron chi connectivity index (χ1n) is 12.8. The Morgan fingerprint density at radius 2 is 1.94 bits per heavy atom. The molecule has 8 heteroatoms. The van der Waals surface area contributed by atoms with Gasteiger partial charge in [0.25, 0.3) is 0 Å². The molecule has 0 unspecified atom stereocenters. The molecule has 2 heterocycles. The van der Waals surface area contributed by atoms with Crippen LogP contribution in [0, 0.1) is 0 Å². The third kappa shape index (κ3) is 6.36. The lowest BCUT2D eigenvalue weighted by atomic mass is 10.1. The van der Waals surface area contributed by atoms with Crippen molar-refractivity contribution >= 4 is 15.7 Å². The maximum absolute atomic E-state index is 13.8. The number of aliphatic hydroxyl groups excluding tert-OH is 1. The van der Waals surface area contributed by atoms with Gasteiger partial charge in [0.15, 0.2) is 0 Å². The average molecular weight is 503 g/mol. The number of β-amino-alcohol motifs (C(OH)–C–C–N with tert-alkyl or cyclic N) is 1. The van der Waals surface area contributed by atoms with E-state index in [1.165, 1.54) is 0 Å². The smallest absolute Gasteiger partial charge is 0.247 e. The highest BCUT2D eigenvalue weighted by molar-refractivity contribution is 7.89. The summed E-state index contributed by atoms with van der Waals surface area (Å²) in [4.78, 5) is 2.27. The summed E-state index contributed by atoms with van der Waals surface area (Å²) >= 11 is 0. The lowest BCUT2D eigenvalue weighted by Crippen LogP contribution is -2.44. The molecular weight excluding hydrogens is 464 g/mol. The van der Waals surface area contributed by atoms with Gasteiger partial charge in [-0.05, 0) is 37.5 Å². The topological polar surface area (TPSA) is 79.3 Å². The zero-order chi connectivity index (χ0) is 24.8. The summed E-state index contributed by atoms with van der Waals surface area (Å²) in [5.41, 5.74) is 1.93. The number of benzene rings is 2. The van der Waals surface area contributed by atoms with Crippen LogP contribution >= 0.6 is 0 Å². The van der Waals surface area contributed by atoms with Gasteiger partial charge in [0.2, 0.25) is 10.0 Å². The fourth-order valence-corrected chi connectivity index (χ4v) is 6.63. The van der Waals surface area contributed by atoms with Gasteiger partial charge in [-0.15, -0.1) is 0 Å². The van der Waals surface area contributed by atoms with E-state index in [0.29, 0.717) is 25.3 Å². The number of nitrogens with zero attached hydrogens (tertiary/aromatic N) is 2. The number of ether oxygens (including phenoxy) is 2. The Morgan fingerprint density at radius 1 is 1.14 bits per heavy atom. The van der Waals surface area contributed by atoms with Crippen molar-refractivity contribution in [1.29, 1.82) is 0 Å². The Kier molecular flexibility index (Phi) is 8.70. The van der Waals surface area contributed by atoms with Crippen molar-refractivity contribution in [2.75, 3.05) is 31.1 Å². The van der Waals surface area contributed by atoms with Crippen LogP contribution in [0.3, 0.4) is 0 Å². The van der Waals surface area contributed by atoms with E-state index in [2.05, 4.69) is 11.8 Å². The number of anilines is 1. The van der Waals surface area contributed by atoms with Crippen molar-refractivity contribution < 1.29 is 23.0 Å². The van der Waals surface area contributed by atoms with E-state index < -0.39 is 16.1 Å². The molecule has 4 rings (SSSR count). The Morgan fingerprint density at radius 3 is 2.66 bits per heavy atom. The normalized spacial score (nSPS) is 22.9. The predicted octanol–water partition coefficient (Wildman–Crippen LogP) is 4.19. The van der Waals surface area contributed by atoms with Crippen LogP contribution in [0.1, 0.15) is 51.5 Å². The molecule has 0 aliphatic carbocycles. The molecule has 1 N–H and O–H groups in total.